The predicted octanol–water partition coefficient (Wildman–Crippen LogP) is 4.28. The van der Waals surface area contributed by atoms with Gasteiger partial charge in [-0.05, 0) is 49.2 Å². The average molecular weight is 419 g/mol. The zero-order chi connectivity index (χ0) is 19.3. The smallest absolute Gasteiger partial charge is 0.239 e. The van der Waals surface area contributed by atoms with Gasteiger partial charge in [-0.1, -0.05) is 30.3 Å². The molecule has 0 bridgehead atoms. The van der Waals surface area contributed by atoms with Gasteiger partial charge in [-0.25, -0.2) is 4.39 Å². The quantitative estimate of drug-likeness (QED) is 0.726. The molecule has 1 unspecified atom stereocenters. The van der Waals surface area contributed by atoms with Gasteiger partial charge in [0.15, 0.2) is 0 Å². The summed E-state index contributed by atoms with van der Waals surface area (Å²) in [5.41, 5.74) is 1.26. The monoisotopic (exact) mass is 418 g/mol. The van der Waals surface area contributed by atoms with Gasteiger partial charge in [-0.15, -0.1) is 12.4 Å². The molecule has 0 aromatic heterocycles. The van der Waals surface area contributed by atoms with Crippen LogP contribution in [-0.2, 0) is 11.3 Å². The second-order valence-corrected chi connectivity index (χ2v) is 7.71. The molecule has 1 atom stereocenters. The van der Waals surface area contributed by atoms with Crippen molar-refractivity contribution in [3.8, 4) is 5.75 Å². The number of benzene rings is 2. The summed E-state index contributed by atoms with van der Waals surface area (Å²) in [5.74, 6) is 0.689. The highest BCUT2D eigenvalue weighted by atomic mass is 35.5. The van der Waals surface area contributed by atoms with Gasteiger partial charge < -0.3 is 9.64 Å². The van der Waals surface area contributed by atoms with Crippen LogP contribution >= 0.6 is 12.4 Å². The topological polar surface area (TPSA) is 32.8 Å². The molecule has 2 saturated heterocycles. The third kappa shape index (κ3) is 5.49. The van der Waals surface area contributed by atoms with Crippen LogP contribution in [0, 0.1) is 5.82 Å². The van der Waals surface area contributed by atoms with Gasteiger partial charge in [0.1, 0.15) is 17.7 Å². The lowest BCUT2D eigenvalue weighted by Gasteiger charge is -2.35. The van der Waals surface area contributed by atoms with Gasteiger partial charge in [-0.2, -0.15) is 0 Å². The zero-order valence-electron chi connectivity index (χ0n) is 16.5. The van der Waals surface area contributed by atoms with Crippen molar-refractivity contribution in [2.45, 2.75) is 44.4 Å². The van der Waals surface area contributed by atoms with Gasteiger partial charge in [0, 0.05) is 32.5 Å². The van der Waals surface area contributed by atoms with E-state index in [4.69, 9.17) is 4.74 Å². The first-order valence-electron chi connectivity index (χ1n) is 10.2. The molecule has 0 N–H and O–H groups in total. The molecule has 2 aromatic carbocycles. The minimum absolute atomic E-state index is 0. The number of hydrogen-bond donors (Lipinski definition) is 0. The van der Waals surface area contributed by atoms with Crippen LogP contribution in [0.15, 0.2) is 54.6 Å². The van der Waals surface area contributed by atoms with Crippen molar-refractivity contribution in [1.82, 2.24) is 9.80 Å². The fraction of sp³-hybridized carbons (Fsp3) is 0.435. The molecule has 1 amide bonds. The summed E-state index contributed by atoms with van der Waals surface area (Å²) in [6.07, 6.45) is 3.73. The molecule has 6 heteroatoms. The fourth-order valence-corrected chi connectivity index (χ4v) is 4.22. The number of amides is 1. The molecule has 0 spiro atoms. The number of ether oxygens (including phenoxy) is 1. The first-order chi connectivity index (χ1) is 13.7. The first kappa shape index (κ1) is 21.6. The van der Waals surface area contributed by atoms with Crippen LogP contribution in [-0.4, -0.2) is 47.5 Å². The van der Waals surface area contributed by atoms with E-state index in [9.17, 15) is 9.18 Å². The van der Waals surface area contributed by atoms with E-state index in [1.165, 1.54) is 17.7 Å². The molecule has 2 aliphatic rings. The standard InChI is InChI=1S/C23H27FN2O2.ClH/c24-19-8-10-20(11-9-19)28-21-12-15-25(16-13-21)23(27)22-7-4-14-26(22)17-18-5-2-1-3-6-18;/h1-3,5-6,8-11,21-22H,4,7,12-17H2;1H. The predicted molar refractivity (Wildman–Crippen MR) is 114 cm³/mol. The lowest BCUT2D eigenvalue weighted by Crippen LogP contribution is -2.49. The molecule has 2 heterocycles. The summed E-state index contributed by atoms with van der Waals surface area (Å²) in [6.45, 7) is 3.26. The maximum Gasteiger partial charge on any atom is 0.239 e. The molecule has 156 valence electrons. The van der Waals surface area contributed by atoms with Gasteiger partial charge in [0.05, 0.1) is 6.04 Å². The maximum atomic E-state index is 13.1. The largest absolute Gasteiger partial charge is 0.490 e. The van der Waals surface area contributed by atoms with E-state index in [0.29, 0.717) is 5.75 Å². The third-order valence-electron chi connectivity index (χ3n) is 5.75. The highest BCUT2D eigenvalue weighted by Crippen LogP contribution is 2.25. The Balaban J connectivity index is 0.00000240. The van der Waals surface area contributed by atoms with Crippen molar-refractivity contribution >= 4 is 18.3 Å². The lowest BCUT2D eigenvalue weighted by molar-refractivity contribution is -0.138. The van der Waals surface area contributed by atoms with Crippen LogP contribution in [0.2, 0.25) is 0 Å². The summed E-state index contributed by atoms with van der Waals surface area (Å²) in [7, 11) is 0. The molecular formula is C23H28ClFN2O2. The van der Waals surface area contributed by atoms with Crippen LogP contribution in [0.4, 0.5) is 4.39 Å². The molecule has 4 nitrogen and oxygen atoms in total. The Morgan fingerprint density at radius 2 is 1.66 bits per heavy atom. The number of hydrogen-bond acceptors (Lipinski definition) is 3. The summed E-state index contributed by atoms with van der Waals surface area (Å²) in [4.78, 5) is 17.4. The molecule has 0 aliphatic carbocycles. The fourth-order valence-electron chi connectivity index (χ4n) is 4.22. The highest BCUT2D eigenvalue weighted by Gasteiger charge is 2.35. The van der Waals surface area contributed by atoms with E-state index in [1.54, 1.807) is 12.1 Å². The van der Waals surface area contributed by atoms with Gasteiger partial charge in [-0.3, -0.25) is 9.69 Å². The number of rotatable bonds is 5. The van der Waals surface area contributed by atoms with Crippen LogP contribution < -0.4 is 4.74 Å². The average Bonchev–Trinajstić information content (AvgIpc) is 3.18. The third-order valence-corrected chi connectivity index (χ3v) is 5.75. The number of nitrogens with zero attached hydrogens (tertiary/aromatic N) is 2. The van der Waals surface area contributed by atoms with Gasteiger partial charge in [0.25, 0.3) is 0 Å². The number of likely N-dealkylation sites (tertiary alicyclic amines) is 2. The summed E-state index contributed by atoms with van der Waals surface area (Å²) >= 11 is 0. The number of carbonyl (C=O) groups is 1. The molecule has 0 radical (unpaired) electrons. The van der Waals surface area contributed by atoms with E-state index >= 15 is 0 Å². The lowest BCUT2D eigenvalue weighted by atomic mass is 10.1. The minimum Gasteiger partial charge on any atom is -0.490 e. The summed E-state index contributed by atoms with van der Waals surface area (Å²) in [6, 6.07) is 16.5. The number of halogens is 2. The normalized spacial score (nSPS) is 20.3. The van der Waals surface area contributed by atoms with Crippen molar-refractivity contribution in [3.05, 3.63) is 66.0 Å². The number of carbonyl (C=O) groups excluding carboxylic acids is 1. The van der Waals surface area contributed by atoms with Crippen molar-refractivity contribution in [3.63, 3.8) is 0 Å². The zero-order valence-corrected chi connectivity index (χ0v) is 17.3. The Morgan fingerprint density at radius 3 is 2.34 bits per heavy atom. The van der Waals surface area contributed by atoms with Gasteiger partial charge in [0.2, 0.25) is 5.91 Å². The first-order valence-corrected chi connectivity index (χ1v) is 10.2. The van der Waals surface area contributed by atoms with E-state index in [-0.39, 0.29) is 36.3 Å². The van der Waals surface area contributed by atoms with Crippen LogP contribution in [0.1, 0.15) is 31.2 Å². The highest BCUT2D eigenvalue weighted by molar-refractivity contribution is 5.85. The van der Waals surface area contributed by atoms with Crippen LogP contribution in [0.25, 0.3) is 0 Å². The molecule has 29 heavy (non-hydrogen) atoms. The van der Waals surface area contributed by atoms with E-state index in [1.807, 2.05) is 23.1 Å². The molecule has 4 rings (SSSR count). The van der Waals surface area contributed by atoms with Crippen LogP contribution in [0.5, 0.6) is 5.75 Å². The molecular weight excluding hydrogens is 391 g/mol. The summed E-state index contributed by atoms with van der Waals surface area (Å²) < 4.78 is 19.0. The van der Waals surface area contributed by atoms with Crippen molar-refractivity contribution < 1.29 is 13.9 Å². The maximum absolute atomic E-state index is 13.1. The van der Waals surface area contributed by atoms with Crippen molar-refractivity contribution in [2.75, 3.05) is 19.6 Å². The van der Waals surface area contributed by atoms with E-state index in [0.717, 1.165) is 51.9 Å². The van der Waals surface area contributed by atoms with Crippen molar-refractivity contribution in [2.24, 2.45) is 0 Å². The number of piperidine rings is 1. The molecule has 2 aromatic rings. The second-order valence-electron chi connectivity index (χ2n) is 7.71. The Labute approximate surface area is 178 Å². The SMILES string of the molecule is Cl.O=C(C1CCCN1Cc1ccccc1)N1CCC(Oc2ccc(F)cc2)CC1. The molecule has 2 fully saturated rings. The Morgan fingerprint density at radius 1 is 0.966 bits per heavy atom. The molecule has 2 aliphatic heterocycles. The van der Waals surface area contributed by atoms with Crippen LogP contribution in [0.3, 0.4) is 0 Å². The minimum atomic E-state index is -0.260. The van der Waals surface area contributed by atoms with E-state index in [2.05, 4.69) is 17.0 Å². The van der Waals surface area contributed by atoms with Crippen molar-refractivity contribution in [1.29, 1.82) is 0 Å². The summed E-state index contributed by atoms with van der Waals surface area (Å²) in [5, 5.41) is 0. The Hall–Kier alpha value is -2.11. The van der Waals surface area contributed by atoms with E-state index < -0.39 is 0 Å². The second kappa shape index (κ2) is 10.1. The van der Waals surface area contributed by atoms with Gasteiger partial charge >= 0.3 is 0 Å². The Kier molecular flexibility index (Phi) is 7.51. The Bertz CT molecular complexity index is 779. The molecule has 0 saturated carbocycles.